The zero-order valence-corrected chi connectivity index (χ0v) is 15.6. The molecule has 6 heteroatoms. The number of hydrogen-bond donors (Lipinski definition) is 1. The number of aromatic nitrogens is 1. The summed E-state index contributed by atoms with van der Waals surface area (Å²) in [6, 6.07) is 12.4. The van der Waals surface area contributed by atoms with Crippen molar-refractivity contribution in [3.8, 4) is 5.75 Å². The lowest BCUT2D eigenvalue weighted by Gasteiger charge is -2.17. The number of H-pyrrole nitrogens is 1. The number of carbonyl (C=O) groups excluding carboxylic acids is 1. The second-order valence-corrected chi connectivity index (χ2v) is 6.79. The van der Waals surface area contributed by atoms with Crippen molar-refractivity contribution in [1.29, 1.82) is 0 Å². The molecule has 0 saturated carbocycles. The molecule has 0 unspecified atom stereocenters. The van der Waals surface area contributed by atoms with Crippen molar-refractivity contribution in [1.82, 2.24) is 9.88 Å². The van der Waals surface area contributed by atoms with Gasteiger partial charge in [-0.05, 0) is 36.8 Å². The van der Waals surface area contributed by atoms with Gasteiger partial charge in [0.2, 0.25) is 0 Å². The Morgan fingerprint density at radius 3 is 2.80 bits per heavy atom. The minimum Gasteiger partial charge on any atom is -0.491 e. The second kappa shape index (κ2) is 7.27. The van der Waals surface area contributed by atoms with Gasteiger partial charge in [0.25, 0.3) is 5.91 Å². The number of aryl methyl sites for hydroxylation is 1. The first-order chi connectivity index (χ1) is 12.0. The zero-order chi connectivity index (χ0) is 18.0. The number of nitrogens with one attached hydrogen (secondary N) is 1. The average molecular weight is 405 g/mol. The van der Waals surface area contributed by atoms with Gasteiger partial charge in [-0.1, -0.05) is 34.1 Å². The molecule has 0 aliphatic rings. The highest BCUT2D eigenvalue weighted by atomic mass is 79.9. The molecular weight excluding hydrogens is 387 g/mol. The Kier molecular flexibility index (Phi) is 5.08. The number of fused-ring (bicyclic) bond motifs is 1. The van der Waals surface area contributed by atoms with Crippen LogP contribution in [-0.4, -0.2) is 36.0 Å². The molecule has 3 rings (SSSR count). The number of amides is 1. The SMILES string of the molecule is Cc1ccccc1OCCN(C)C(=O)c1cc2c(F)cc(Br)cc2[nH]1. The fraction of sp³-hybridized carbons (Fsp3) is 0.211. The molecule has 1 amide bonds. The maximum atomic E-state index is 14.0. The van der Waals surface area contributed by atoms with E-state index in [-0.39, 0.29) is 11.7 Å². The molecule has 1 N–H and O–H groups in total. The summed E-state index contributed by atoms with van der Waals surface area (Å²) in [7, 11) is 1.70. The number of nitrogens with zero attached hydrogens (tertiary/aromatic N) is 1. The summed E-state index contributed by atoms with van der Waals surface area (Å²) < 4.78 is 20.3. The van der Waals surface area contributed by atoms with E-state index >= 15 is 0 Å². The lowest BCUT2D eigenvalue weighted by atomic mass is 10.2. The maximum absolute atomic E-state index is 14.0. The predicted octanol–water partition coefficient (Wildman–Crippen LogP) is 4.53. The van der Waals surface area contributed by atoms with Gasteiger partial charge >= 0.3 is 0 Å². The number of hydrogen-bond acceptors (Lipinski definition) is 2. The van der Waals surface area contributed by atoms with E-state index in [1.165, 1.54) is 12.1 Å². The van der Waals surface area contributed by atoms with Crippen molar-refractivity contribution in [2.24, 2.45) is 0 Å². The van der Waals surface area contributed by atoms with E-state index < -0.39 is 0 Å². The molecule has 0 aliphatic heterocycles. The van der Waals surface area contributed by atoms with Crippen LogP contribution in [0.15, 0.2) is 46.9 Å². The van der Waals surface area contributed by atoms with Gasteiger partial charge in [-0.3, -0.25) is 4.79 Å². The van der Waals surface area contributed by atoms with Crippen LogP contribution in [-0.2, 0) is 0 Å². The van der Waals surface area contributed by atoms with Crippen LogP contribution >= 0.6 is 15.9 Å². The lowest BCUT2D eigenvalue weighted by molar-refractivity contribution is 0.0769. The van der Waals surface area contributed by atoms with Crippen molar-refractivity contribution in [3.63, 3.8) is 0 Å². The summed E-state index contributed by atoms with van der Waals surface area (Å²) in [5.41, 5.74) is 1.98. The minimum absolute atomic E-state index is 0.208. The van der Waals surface area contributed by atoms with Gasteiger partial charge in [-0.25, -0.2) is 4.39 Å². The predicted molar refractivity (Wildman–Crippen MR) is 99.6 cm³/mol. The van der Waals surface area contributed by atoms with Gasteiger partial charge in [0.05, 0.1) is 12.1 Å². The van der Waals surface area contributed by atoms with Crippen LogP contribution in [0.2, 0.25) is 0 Å². The van der Waals surface area contributed by atoms with Crippen molar-refractivity contribution in [3.05, 3.63) is 64.0 Å². The quantitative estimate of drug-likeness (QED) is 0.678. The summed E-state index contributed by atoms with van der Waals surface area (Å²) in [4.78, 5) is 17.0. The topological polar surface area (TPSA) is 45.3 Å². The van der Waals surface area contributed by atoms with E-state index in [2.05, 4.69) is 20.9 Å². The summed E-state index contributed by atoms with van der Waals surface area (Å²) >= 11 is 3.25. The standard InChI is InChI=1S/C19H18BrFN2O2/c1-12-5-3-4-6-18(12)25-8-7-23(2)19(24)17-11-14-15(21)9-13(20)10-16(14)22-17/h3-6,9-11,22H,7-8H2,1-2H3. The number of aromatic amines is 1. The molecule has 1 aromatic heterocycles. The van der Waals surface area contributed by atoms with Gasteiger partial charge in [0, 0.05) is 16.9 Å². The Balaban J connectivity index is 1.66. The van der Waals surface area contributed by atoms with Crippen LogP contribution in [0.3, 0.4) is 0 Å². The molecule has 0 bridgehead atoms. The van der Waals surface area contributed by atoms with E-state index in [4.69, 9.17) is 4.74 Å². The number of para-hydroxylation sites is 1. The van der Waals surface area contributed by atoms with Crippen molar-refractivity contribution >= 4 is 32.7 Å². The van der Waals surface area contributed by atoms with Crippen LogP contribution < -0.4 is 4.74 Å². The van der Waals surface area contributed by atoms with Gasteiger partial charge < -0.3 is 14.6 Å². The second-order valence-electron chi connectivity index (χ2n) is 5.87. The number of benzene rings is 2. The summed E-state index contributed by atoms with van der Waals surface area (Å²) in [5, 5.41) is 0.399. The first-order valence-corrected chi connectivity index (χ1v) is 8.66. The number of rotatable bonds is 5. The highest BCUT2D eigenvalue weighted by Crippen LogP contribution is 2.24. The van der Waals surface area contributed by atoms with Crippen LogP contribution in [0.25, 0.3) is 10.9 Å². The highest BCUT2D eigenvalue weighted by Gasteiger charge is 2.16. The third-order valence-electron chi connectivity index (χ3n) is 4.01. The van der Waals surface area contributed by atoms with Crippen LogP contribution in [0.1, 0.15) is 16.1 Å². The van der Waals surface area contributed by atoms with Crippen molar-refractivity contribution < 1.29 is 13.9 Å². The Bertz CT molecular complexity index is 923. The van der Waals surface area contributed by atoms with Crippen molar-refractivity contribution in [2.45, 2.75) is 6.92 Å². The van der Waals surface area contributed by atoms with Gasteiger partial charge in [-0.15, -0.1) is 0 Å². The Morgan fingerprint density at radius 2 is 2.04 bits per heavy atom. The number of carbonyl (C=O) groups is 1. The molecule has 3 aromatic rings. The Labute approximate surface area is 153 Å². The largest absolute Gasteiger partial charge is 0.491 e. The maximum Gasteiger partial charge on any atom is 0.270 e. The first kappa shape index (κ1) is 17.5. The van der Waals surface area contributed by atoms with Crippen LogP contribution in [0, 0.1) is 12.7 Å². The first-order valence-electron chi connectivity index (χ1n) is 7.87. The molecule has 0 aliphatic carbocycles. The molecule has 2 aromatic carbocycles. The van der Waals surface area contributed by atoms with E-state index in [1.807, 2.05) is 31.2 Å². The van der Waals surface area contributed by atoms with Gasteiger partial charge in [0.15, 0.2) is 0 Å². The van der Waals surface area contributed by atoms with E-state index in [1.54, 1.807) is 18.0 Å². The molecule has 1 heterocycles. The minimum atomic E-state index is -0.370. The van der Waals surface area contributed by atoms with E-state index in [0.717, 1.165) is 11.3 Å². The Morgan fingerprint density at radius 1 is 1.28 bits per heavy atom. The Hall–Kier alpha value is -2.34. The molecule has 130 valence electrons. The van der Waals surface area contributed by atoms with Crippen LogP contribution in [0.4, 0.5) is 4.39 Å². The van der Waals surface area contributed by atoms with Crippen LogP contribution in [0.5, 0.6) is 5.75 Å². The number of ether oxygens (including phenoxy) is 1. The molecular formula is C19H18BrFN2O2. The molecule has 0 spiro atoms. The van der Waals surface area contributed by atoms with Gasteiger partial charge in [-0.2, -0.15) is 0 Å². The lowest BCUT2D eigenvalue weighted by Crippen LogP contribution is -2.31. The van der Waals surface area contributed by atoms with Crippen molar-refractivity contribution in [2.75, 3.05) is 20.2 Å². The van der Waals surface area contributed by atoms with E-state index in [0.29, 0.717) is 34.2 Å². The van der Waals surface area contributed by atoms with Gasteiger partial charge in [0.1, 0.15) is 23.9 Å². The molecule has 25 heavy (non-hydrogen) atoms. The average Bonchev–Trinajstić information content (AvgIpc) is 3.00. The molecule has 4 nitrogen and oxygen atoms in total. The number of likely N-dealkylation sites (N-methyl/N-ethyl adjacent to an activating group) is 1. The highest BCUT2D eigenvalue weighted by molar-refractivity contribution is 9.10. The van der Waals surface area contributed by atoms with E-state index in [9.17, 15) is 9.18 Å². The fourth-order valence-corrected chi connectivity index (χ4v) is 3.02. The summed E-state index contributed by atoms with van der Waals surface area (Å²) in [5.74, 6) is 0.228. The normalized spacial score (nSPS) is 10.9. The molecule has 0 radical (unpaired) electrons. The molecule has 0 saturated heterocycles. The molecule has 0 fully saturated rings. The molecule has 0 atom stereocenters. The smallest absolute Gasteiger partial charge is 0.270 e. The fourth-order valence-electron chi connectivity index (χ4n) is 2.59. The number of halogens is 2. The third kappa shape index (κ3) is 3.85. The summed E-state index contributed by atoms with van der Waals surface area (Å²) in [6.45, 7) is 2.78. The summed E-state index contributed by atoms with van der Waals surface area (Å²) in [6.07, 6.45) is 0. The monoisotopic (exact) mass is 404 g/mol. The third-order valence-corrected chi connectivity index (χ3v) is 4.47. The zero-order valence-electron chi connectivity index (χ0n) is 14.0.